The molecule has 9 heteroatoms. The van der Waals surface area contributed by atoms with Gasteiger partial charge in [-0.3, -0.25) is 9.10 Å². The second kappa shape index (κ2) is 10.8. The van der Waals surface area contributed by atoms with Crippen LogP contribution in [0.25, 0.3) is 0 Å². The number of sulfonamides is 1. The van der Waals surface area contributed by atoms with Crippen molar-refractivity contribution >= 4 is 56.6 Å². The summed E-state index contributed by atoms with van der Waals surface area (Å²) in [5.41, 5.74) is 3.09. The standard InChI is InChI=1S/C21H26Cl2N2O3S2/c1-14-8-9-15(2)20(12-14)25(30(4,27)28)16(3)21(26)24-10-11-29-13-17-18(22)6-5-7-19(17)23/h5-9,12,16H,10-11,13H2,1-4H3,(H,24,26)/t16-/m1/s1. The van der Waals surface area contributed by atoms with Crippen LogP contribution in [-0.4, -0.2) is 38.9 Å². The SMILES string of the molecule is Cc1ccc(C)c(N([C@H](C)C(=O)NCCSCc2c(Cl)cccc2Cl)S(C)(=O)=O)c1. The molecule has 0 saturated heterocycles. The number of hydrogen-bond acceptors (Lipinski definition) is 4. The van der Waals surface area contributed by atoms with E-state index < -0.39 is 16.1 Å². The van der Waals surface area contributed by atoms with Crippen LogP contribution < -0.4 is 9.62 Å². The molecule has 0 radical (unpaired) electrons. The number of benzene rings is 2. The van der Waals surface area contributed by atoms with Gasteiger partial charge < -0.3 is 5.32 Å². The fraction of sp³-hybridized carbons (Fsp3) is 0.381. The van der Waals surface area contributed by atoms with Crippen LogP contribution in [0, 0.1) is 13.8 Å². The van der Waals surface area contributed by atoms with Gasteiger partial charge in [-0.1, -0.05) is 41.4 Å². The zero-order valence-corrected chi connectivity index (χ0v) is 20.6. The van der Waals surface area contributed by atoms with Crippen LogP contribution in [0.3, 0.4) is 0 Å². The van der Waals surface area contributed by atoms with E-state index in [1.54, 1.807) is 43.0 Å². The van der Waals surface area contributed by atoms with Crippen molar-refractivity contribution < 1.29 is 13.2 Å². The largest absolute Gasteiger partial charge is 0.353 e. The summed E-state index contributed by atoms with van der Waals surface area (Å²) in [6.07, 6.45) is 1.11. The van der Waals surface area contributed by atoms with Gasteiger partial charge in [-0.15, -0.1) is 0 Å². The molecule has 0 fully saturated rings. The van der Waals surface area contributed by atoms with Gasteiger partial charge >= 0.3 is 0 Å². The lowest BCUT2D eigenvalue weighted by Crippen LogP contribution is -2.48. The van der Waals surface area contributed by atoms with Crippen LogP contribution in [0.1, 0.15) is 23.6 Å². The number of amides is 1. The molecule has 0 aliphatic heterocycles. The second-order valence-corrected chi connectivity index (χ2v) is 10.8. The number of rotatable bonds is 9. The molecular weight excluding hydrogens is 463 g/mol. The lowest BCUT2D eigenvalue weighted by molar-refractivity contribution is -0.121. The van der Waals surface area contributed by atoms with Gasteiger partial charge in [0.05, 0.1) is 11.9 Å². The molecule has 1 atom stereocenters. The lowest BCUT2D eigenvalue weighted by Gasteiger charge is -2.29. The van der Waals surface area contributed by atoms with Gasteiger partial charge in [-0.2, -0.15) is 11.8 Å². The van der Waals surface area contributed by atoms with E-state index in [-0.39, 0.29) is 5.91 Å². The number of nitrogens with zero attached hydrogens (tertiary/aromatic N) is 1. The number of aryl methyl sites for hydroxylation is 2. The summed E-state index contributed by atoms with van der Waals surface area (Å²) >= 11 is 13.9. The first kappa shape index (κ1) is 24.9. The normalized spacial score (nSPS) is 12.5. The number of anilines is 1. The van der Waals surface area contributed by atoms with Crippen molar-refractivity contribution in [2.45, 2.75) is 32.6 Å². The number of nitrogens with one attached hydrogen (secondary N) is 1. The quantitative estimate of drug-likeness (QED) is 0.514. The van der Waals surface area contributed by atoms with E-state index in [0.717, 1.165) is 22.9 Å². The molecule has 30 heavy (non-hydrogen) atoms. The third-order valence-electron chi connectivity index (χ3n) is 4.54. The van der Waals surface area contributed by atoms with Crippen LogP contribution in [-0.2, 0) is 20.6 Å². The Bertz CT molecular complexity index is 993. The topological polar surface area (TPSA) is 66.5 Å². The Hall–Kier alpha value is -1.41. The molecule has 164 valence electrons. The minimum absolute atomic E-state index is 0.349. The molecule has 1 amide bonds. The van der Waals surface area contributed by atoms with E-state index in [9.17, 15) is 13.2 Å². The molecule has 0 unspecified atom stereocenters. The summed E-state index contributed by atoms with van der Waals surface area (Å²) < 4.78 is 26.1. The molecule has 0 spiro atoms. The summed E-state index contributed by atoms with van der Waals surface area (Å²) in [7, 11) is -3.64. The van der Waals surface area contributed by atoms with Crippen molar-refractivity contribution in [1.82, 2.24) is 5.32 Å². The lowest BCUT2D eigenvalue weighted by atomic mass is 10.1. The Balaban J connectivity index is 1.98. The number of carbonyl (C=O) groups excluding carboxylic acids is 1. The van der Waals surface area contributed by atoms with Crippen LogP contribution in [0.15, 0.2) is 36.4 Å². The summed E-state index contributed by atoms with van der Waals surface area (Å²) in [5.74, 6) is 0.919. The van der Waals surface area contributed by atoms with Crippen LogP contribution in [0.2, 0.25) is 10.0 Å². The van der Waals surface area contributed by atoms with E-state index in [1.165, 1.54) is 4.31 Å². The molecule has 0 aliphatic rings. The number of thioether (sulfide) groups is 1. The molecular formula is C21H26Cl2N2O3S2. The molecule has 0 aromatic heterocycles. The highest BCUT2D eigenvalue weighted by molar-refractivity contribution is 7.98. The Morgan fingerprint density at radius 2 is 1.80 bits per heavy atom. The van der Waals surface area contributed by atoms with Crippen molar-refractivity contribution in [3.63, 3.8) is 0 Å². The maximum Gasteiger partial charge on any atom is 0.243 e. The minimum Gasteiger partial charge on any atom is -0.353 e. The zero-order chi connectivity index (χ0) is 22.5. The zero-order valence-electron chi connectivity index (χ0n) is 17.4. The van der Waals surface area contributed by atoms with E-state index >= 15 is 0 Å². The Morgan fingerprint density at radius 1 is 1.17 bits per heavy atom. The van der Waals surface area contributed by atoms with E-state index in [4.69, 9.17) is 23.2 Å². The first-order chi connectivity index (χ1) is 14.0. The maximum atomic E-state index is 12.7. The monoisotopic (exact) mass is 488 g/mol. The maximum absolute atomic E-state index is 12.7. The van der Waals surface area contributed by atoms with Gasteiger partial charge in [0, 0.05) is 28.1 Å². The molecule has 0 aliphatic carbocycles. The molecule has 1 N–H and O–H groups in total. The first-order valence-corrected chi connectivity index (χ1v) is 13.1. The van der Waals surface area contributed by atoms with Gasteiger partial charge in [-0.05, 0) is 55.7 Å². The average Bonchev–Trinajstić information content (AvgIpc) is 2.65. The highest BCUT2D eigenvalue weighted by Gasteiger charge is 2.30. The third-order valence-corrected chi connectivity index (χ3v) is 7.47. The average molecular weight is 489 g/mol. The highest BCUT2D eigenvalue weighted by atomic mass is 35.5. The van der Waals surface area contributed by atoms with E-state index in [1.807, 2.05) is 26.0 Å². The van der Waals surface area contributed by atoms with Crippen molar-refractivity contribution in [1.29, 1.82) is 0 Å². The third kappa shape index (κ3) is 6.54. The van der Waals surface area contributed by atoms with Gasteiger partial charge in [0.2, 0.25) is 15.9 Å². The molecule has 0 heterocycles. The summed E-state index contributed by atoms with van der Waals surface area (Å²) in [5, 5.41) is 4.05. The van der Waals surface area contributed by atoms with Crippen molar-refractivity contribution in [3.8, 4) is 0 Å². The minimum atomic E-state index is -3.64. The number of carbonyl (C=O) groups is 1. The van der Waals surface area contributed by atoms with Crippen LogP contribution >= 0.6 is 35.0 Å². The molecule has 2 rings (SSSR count). The predicted octanol–water partition coefficient (Wildman–Crippen LogP) is 4.81. The van der Waals surface area contributed by atoms with E-state index in [2.05, 4.69) is 5.32 Å². The fourth-order valence-electron chi connectivity index (χ4n) is 2.98. The first-order valence-electron chi connectivity index (χ1n) is 9.37. The molecule has 2 aromatic rings. The summed E-state index contributed by atoms with van der Waals surface area (Å²) in [6.45, 7) is 5.71. The van der Waals surface area contributed by atoms with Crippen molar-refractivity contribution in [3.05, 3.63) is 63.1 Å². The summed E-state index contributed by atoms with van der Waals surface area (Å²) in [6, 6.07) is 10.0. The van der Waals surface area contributed by atoms with Gasteiger partial charge in [-0.25, -0.2) is 8.42 Å². The van der Waals surface area contributed by atoms with Gasteiger partial charge in [0.15, 0.2) is 0 Å². The number of halogens is 2. The van der Waals surface area contributed by atoms with Crippen molar-refractivity contribution in [2.24, 2.45) is 0 Å². The molecule has 0 saturated carbocycles. The molecule has 0 bridgehead atoms. The summed E-state index contributed by atoms with van der Waals surface area (Å²) in [4.78, 5) is 12.7. The highest BCUT2D eigenvalue weighted by Crippen LogP contribution is 2.28. The fourth-order valence-corrected chi connectivity index (χ4v) is 5.80. The van der Waals surface area contributed by atoms with E-state index in [0.29, 0.717) is 33.8 Å². The Morgan fingerprint density at radius 3 is 2.40 bits per heavy atom. The van der Waals surface area contributed by atoms with Gasteiger partial charge in [0.1, 0.15) is 6.04 Å². The number of hydrogen-bond donors (Lipinski definition) is 1. The molecule has 5 nitrogen and oxygen atoms in total. The molecule has 2 aromatic carbocycles. The van der Waals surface area contributed by atoms with Crippen LogP contribution in [0.5, 0.6) is 0 Å². The van der Waals surface area contributed by atoms with Gasteiger partial charge in [0.25, 0.3) is 0 Å². The second-order valence-electron chi connectivity index (χ2n) is 7.07. The predicted molar refractivity (Wildman–Crippen MR) is 128 cm³/mol. The Labute approximate surface area is 193 Å². The van der Waals surface area contributed by atoms with Crippen molar-refractivity contribution in [2.75, 3.05) is 22.9 Å². The smallest absolute Gasteiger partial charge is 0.243 e. The van der Waals surface area contributed by atoms with Crippen LogP contribution in [0.4, 0.5) is 5.69 Å². The Kier molecular flexibility index (Phi) is 8.91.